The number of hydrogen-bond acceptors (Lipinski definition) is 1. The minimum absolute atomic E-state index is 0.443. The molecular formula is C10H20O2. The molecule has 0 fully saturated rings. The molecular weight excluding hydrogens is 152 g/mol. The van der Waals surface area contributed by atoms with E-state index in [9.17, 15) is 5.26 Å². The third-order valence-electron chi connectivity index (χ3n) is 1.82. The number of unbranched alkanes of at least 4 members (excludes halogenated alkanes) is 3. The van der Waals surface area contributed by atoms with Gasteiger partial charge in [0, 0.05) is 0 Å². The highest BCUT2D eigenvalue weighted by Crippen LogP contribution is 2.21. The van der Waals surface area contributed by atoms with Crippen LogP contribution < -0.4 is 5.26 Å². The molecule has 0 rings (SSSR count). The van der Waals surface area contributed by atoms with E-state index < -0.39 is 0 Å². The molecule has 2 nitrogen and oxygen atoms in total. The van der Waals surface area contributed by atoms with E-state index in [4.69, 9.17) is 0 Å². The Labute approximate surface area is 75.2 Å². The van der Waals surface area contributed by atoms with E-state index in [0.29, 0.717) is 5.41 Å². The largest absolute Gasteiger partial charge is 0.463 e. The molecule has 0 atom stereocenters. The Morgan fingerprint density at radius 3 is 2.33 bits per heavy atom. The fourth-order valence-electron chi connectivity index (χ4n) is 1.11. The highest BCUT2D eigenvalue weighted by molar-refractivity contribution is 5.49. The molecule has 0 aromatic heterocycles. The van der Waals surface area contributed by atoms with Gasteiger partial charge in [-0.1, -0.05) is 33.6 Å². The van der Waals surface area contributed by atoms with Gasteiger partial charge in [0.15, 0.2) is 0 Å². The predicted molar refractivity (Wildman–Crippen MR) is 48.6 cm³/mol. The number of rotatable bonds is 5. The Hall–Kier alpha value is -0.530. The average molecular weight is 172 g/mol. The SMILES string of the molecule is CC(C)(C)CCCCCC=[O+][O-]. The lowest BCUT2D eigenvalue weighted by atomic mass is 9.89. The van der Waals surface area contributed by atoms with Gasteiger partial charge < -0.3 is 5.26 Å². The molecule has 2 heteroatoms. The van der Waals surface area contributed by atoms with Gasteiger partial charge in [0.05, 0.1) is 6.42 Å². The monoisotopic (exact) mass is 172 g/mol. The van der Waals surface area contributed by atoms with E-state index in [2.05, 4.69) is 25.3 Å². The summed E-state index contributed by atoms with van der Waals surface area (Å²) in [5, 5.41) is 9.57. The lowest BCUT2D eigenvalue weighted by Gasteiger charge is -2.17. The van der Waals surface area contributed by atoms with Crippen LogP contribution in [0.2, 0.25) is 0 Å². The predicted octanol–water partition coefficient (Wildman–Crippen LogP) is 1.99. The van der Waals surface area contributed by atoms with E-state index in [0.717, 1.165) is 12.8 Å². The fraction of sp³-hybridized carbons (Fsp3) is 0.900. The maximum Gasteiger partial charge on any atom is 0.318 e. The van der Waals surface area contributed by atoms with Crippen molar-refractivity contribution in [2.45, 2.75) is 52.9 Å². The average Bonchev–Trinajstić information content (AvgIpc) is 1.94. The standard InChI is InChI=1S/C10H20O2/c1-10(2,3)8-6-4-5-7-9-12-11/h9H,4-8H2,1-3H3. The molecule has 0 aliphatic heterocycles. The summed E-state index contributed by atoms with van der Waals surface area (Å²) in [6, 6.07) is 0. The lowest BCUT2D eigenvalue weighted by molar-refractivity contribution is -1.04. The van der Waals surface area contributed by atoms with Gasteiger partial charge in [0.2, 0.25) is 0 Å². The first-order chi connectivity index (χ1) is 5.56. The minimum Gasteiger partial charge on any atom is -0.463 e. The fourth-order valence-corrected chi connectivity index (χ4v) is 1.11. The molecule has 0 aliphatic rings. The molecule has 0 spiro atoms. The van der Waals surface area contributed by atoms with Crippen LogP contribution in [0.3, 0.4) is 0 Å². The highest BCUT2D eigenvalue weighted by Gasteiger charge is 2.08. The van der Waals surface area contributed by atoms with Gasteiger partial charge in [0.1, 0.15) is 0 Å². The van der Waals surface area contributed by atoms with Crippen LogP contribution in [0.15, 0.2) is 0 Å². The van der Waals surface area contributed by atoms with Crippen molar-refractivity contribution in [1.29, 1.82) is 0 Å². The minimum atomic E-state index is 0.443. The van der Waals surface area contributed by atoms with Crippen molar-refractivity contribution in [2.24, 2.45) is 5.41 Å². The van der Waals surface area contributed by atoms with Gasteiger partial charge >= 0.3 is 6.29 Å². The van der Waals surface area contributed by atoms with E-state index in [1.165, 1.54) is 25.5 Å². The van der Waals surface area contributed by atoms with Crippen molar-refractivity contribution >= 4 is 6.29 Å². The van der Waals surface area contributed by atoms with E-state index in [1.54, 1.807) is 0 Å². The molecule has 0 unspecified atom stereocenters. The van der Waals surface area contributed by atoms with Gasteiger partial charge in [-0.2, -0.15) is 4.58 Å². The highest BCUT2D eigenvalue weighted by atomic mass is 17.1. The zero-order valence-corrected chi connectivity index (χ0v) is 8.43. The van der Waals surface area contributed by atoms with E-state index in [-0.39, 0.29) is 0 Å². The molecule has 0 aromatic rings. The van der Waals surface area contributed by atoms with Crippen LogP contribution in [0.5, 0.6) is 0 Å². The van der Waals surface area contributed by atoms with Gasteiger partial charge in [-0.25, -0.2) is 0 Å². The summed E-state index contributed by atoms with van der Waals surface area (Å²) >= 11 is 0. The molecule has 0 aromatic carbocycles. The summed E-state index contributed by atoms with van der Waals surface area (Å²) in [7, 11) is 0. The maximum absolute atomic E-state index is 9.57. The molecule has 0 saturated carbocycles. The maximum atomic E-state index is 9.57. The van der Waals surface area contributed by atoms with Crippen molar-refractivity contribution in [1.82, 2.24) is 0 Å². The number of carbonyl (C=O) groups excluding carboxylic acids is 1. The van der Waals surface area contributed by atoms with E-state index in [1.807, 2.05) is 0 Å². The third kappa shape index (κ3) is 9.47. The molecule has 0 aliphatic carbocycles. The molecule has 0 N–H and O–H groups in total. The van der Waals surface area contributed by atoms with E-state index >= 15 is 0 Å². The zero-order valence-electron chi connectivity index (χ0n) is 8.43. The molecule has 0 amide bonds. The topological polar surface area (TPSA) is 34.4 Å². The number of hydrogen-bond donors (Lipinski definition) is 0. The second-order valence-electron chi connectivity index (χ2n) is 4.42. The van der Waals surface area contributed by atoms with Crippen LogP contribution in [0, 0.1) is 5.41 Å². The van der Waals surface area contributed by atoms with Crippen molar-refractivity contribution in [3.63, 3.8) is 0 Å². The van der Waals surface area contributed by atoms with Crippen LogP contribution in [0.25, 0.3) is 0 Å². The van der Waals surface area contributed by atoms with Crippen molar-refractivity contribution < 1.29 is 9.83 Å². The molecule has 0 bridgehead atoms. The summed E-state index contributed by atoms with van der Waals surface area (Å²) in [5.41, 5.74) is 0.443. The van der Waals surface area contributed by atoms with Crippen LogP contribution in [-0.4, -0.2) is 6.29 Å². The van der Waals surface area contributed by atoms with Crippen molar-refractivity contribution in [2.75, 3.05) is 0 Å². The van der Waals surface area contributed by atoms with Gasteiger partial charge in [-0.05, 0) is 18.3 Å². The van der Waals surface area contributed by atoms with Gasteiger partial charge in [0.25, 0.3) is 0 Å². The quantitative estimate of drug-likeness (QED) is 0.205. The summed E-state index contributed by atoms with van der Waals surface area (Å²) in [6.45, 7) is 6.75. The van der Waals surface area contributed by atoms with Crippen molar-refractivity contribution in [3.8, 4) is 0 Å². The first-order valence-electron chi connectivity index (χ1n) is 4.66. The molecule has 72 valence electrons. The second-order valence-corrected chi connectivity index (χ2v) is 4.42. The van der Waals surface area contributed by atoms with Crippen LogP contribution in [0.1, 0.15) is 52.9 Å². The summed E-state index contributed by atoms with van der Waals surface area (Å²) in [4.78, 5) is 0. The molecule has 0 heterocycles. The molecule has 0 saturated heterocycles. The summed E-state index contributed by atoms with van der Waals surface area (Å²) in [6.07, 6.45) is 6.88. The van der Waals surface area contributed by atoms with Gasteiger partial charge in [-0.15, -0.1) is 0 Å². The van der Waals surface area contributed by atoms with Crippen LogP contribution in [-0.2, 0) is 4.58 Å². The van der Waals surface area contributed by atoms with Crippen LogP contribution >= 0.6 is 0 Å². The number of aldehydes is 1. The zero-order chi connectivity index (χ0) is 9.45. The lowest BCUT2D eigenvalue weighted by Crippen LogP contribution is -2.04. The van der Waals surface area contributed by atoms with Crippen LogP contribution in [0.4, 0.5) is 0 Å². The Morgan fingerprint density at radius 1 is 1.17 bits per heavy atom. The normalized spacial score (nSPS) is 12.6. The Morgan fingerprint density at radius 2 is 1.83 bits per heavy atom. The molecule has 12 heavy (non-hydrogen) atoms. The smallest absolute Gasteiger partial charge is 0.318 e. The first-order valence-corrected chi connectivity index (χ1v) is 4.66. The third-order valence-corrected chi connectivity index (χ3v) is 1.82. The summed E-state index contributed by atoms with van der Waals surface area (Å²) < 4.78 is 3.61. The van der Waals surface area contributed by atoms with Gasteiger partial charge in [-0.3, -0.25) is 0 Å². The Balaban J connectivity index is 3.11. The Kier molecular flexibility index (Phi) is 5.77. The second kappa shape index (κ2) is 6.04. The first kappa shape index (κ1) is 11.5. The molecule has 0 radical (unpaired) electrons. The van der Waals surface area contributed by atoms with Crippen molar-refractivity contribution in [3.05, 3.63) is 0 Å². The summed E-state index contributed by atoms with van der Waals surface area (Å²) in [5.74, 6) is 0. The Bertz CT molecular complexity index is 122.